The third kappa shape index (κ3) is 9.56. The van der Waals surface area contributed by atoms with Crippen molar-refractivity contribution in [1.82, 2.24) is 0 Å². The monoisotopic (exact) mass is 173 g/mol. The van der Waals surface area contributed by atoms with E-state index in [2.05, 4.69) is 0 Å². The van der Waals surface area contributed by atoms with Gasteiger partial charge in [0.2, 0.25) is 0 Å². The summed E-state index contributed by atoms with van der Waals surface area (Å²) in [5, 5.41) is 0. The standard InChI is InChI=1S/3B.Ce/q3*-1;+3. The molecule has 0 unspecified atom stereocenters. The van der Waals surface area contributed by atoms with Crippen molar-refractivity contribution in [2.24, 2.45) is 0 Å². The Labute approximate surface area is 66.2 Å². The molecule has 0 atom stereocenters. The molecule has 0 aromatic heterocycles. The van der Waals surface area contributed by atoms with Crippen LogP contribution in [-0.4, -0.2) is 25.2 Å². The SMILES string of the molecule is [B-].[B-].[B-].[Ce+3]. The van der Waals surface area contributed by atoms with Crippen LogP contribution in [0.3, 0.4) is 0 Å². The molecule has 4 heavy (non-hydrogen) atoms. The molecule has 0 aliphatic rings. The molecule has 0 aliphatic heterocycles. The first-order valence-corrected chi connectivity index (χ1v) is 0. The van der Waals surface area contributed by atoms with Gasteiger partial charge in [-0.25, -0.2) is 0 Å². The largest absolute Gasteiger partial charge is 3.00 e. The molecule has 0 heterocycles. The summed E-state index contributed by atoms with van der Waals surface area (Å²) in [4.78, 5) is 0. The molecule has 0 saturated carbocycles. The van der Waals surface area contributed by atoms with Crippen LogP contribution in [0.15, 0.2) is 0 Å². The van der Waals surface area contributed by atoms with Crippen LogP contribution in [0.25, 0.3) is 0 Å². The van der Waals surface area contributed by atoms with Crippen LogP contribution < -0.4 is 0 Å². The normalized spacial score (nSPS) is 0. The summed E-state index contributed by atoms with van der Waals surface area (Å²) in [6.45, 7) is 0. The van der Waals surface area contributed by atoms with Crippen molar-refractivity contribution in [2.45, 2.75) is 0 Å². The zero-order valence-electron chi connectivity index (χ0n) is 2.23. The van der Waals surface area contributed by atoms with Crippen molar-refractivity contribution in [1.29, 1.82) is 0 Å². The maximum absolute atomic E-state index is 0. The fourth-order valence-electron chi connectivity index (χ4n) is 0. The Bertz CT molecular complexity index is 3.25. The molecular formula is B3Ce. The first kappa shape index (κ1) is 47.1. The Morgan fingerprint density at radius 1 is 0.500 bits per heavy atom. The first-order valence-electron chi connectivity index (χ1n) is 0. The van der Waals surface area contributed by atoms with E-state index < -0.39 is 0 Å². The molecule has 13 radical (unpaired) electrons. The Hall–Kier alpha value is 1.57. The van der Waals surface area contributed by atoms with Crippen LogP contribution in [0.5, 0.6) is 0 Å². The molecule has 0 aliphatic carbocycles. The number of hydrogen-bond donors (Lipinski definition) is 0. The molecule has 0 N–H and O–H groups in total. The van der Waals surface area contributed by atoms with E-state index in [4.69, 9.17) is 0 Å². The van der Waals surface area contributed by atoms with Crippen molar-refractivity contribution in [3.8, 4) is 0 Å². The quantitative estimate of drug-likeness (QED) is 0.405. The van der Waals surface area contributed by atoms with E-state index in [9.17, 15) is 0 Å². The molecule has 0 bridgehead atoms. The van der Waals surface area contributed by atoms with Crippen LogP contribution in [-0.2, 0) is 0 Å². The van der Waals surface area contributed by atoms with Gasteiger partial charge in [-0.3, -0.25) is 0 Å². The Balaban J connectivity index is 0. The second-order valence-corrected chi connectivity index (χ2v) is 0. The molecule has 0 nitrogen and oxygen atoms in total. The third-order valence-electron chi connectivity index (χ3n) is 0. The molecule has 0 fully saturated rings. The third-order valence-corrected chi connectivity index (χ3v) is 0. The predicted molar refractivity (Wildman–Crippen MR) is 17.3 cm³/mol. The maximum atomic E-state index is 0. The Kier molecular flexibility index (Phi) is 278. The molecule has 0 rings (SSSR count). The van der Waals surface area contributed by atoms with Gasteiger partial charge in [0.15, 0.2) is 0 Å². The van der Waals surface area contributed by atoms with Crippen molar-refractivity contribution in [2.75, 3.05) is 0 Å². The van der Waals surface area contributed by atoms with Gasteiger partial charge in [-0.1, -0.05) is 0 Å². The number of rotatable bonds is 0. The minimum atomic E-state index is 0. The van der Waals surface area contributed by atoms with Gasteiger partial charge in [0, 0.05) is 0 Å². The predicted octanol–water partition coefficient (Wildman–Crippen LogP) is -1.14. The van der Waals surface area contributed by atoms with E-state index in [1.807, 2.05) is 0 Å². The molecule has 13 valence electrons. The molecule has 0 amide bonds. The fourth-order valence-corrected chi connectivity index (χ4v) is 0. The van der Waals surface area contributed by atoms with Gasteiger partial charge in [-0.2, -0.15) is 0 Å². The van der Waals surface area contributed by atoms with Gasteiger partial charge < -0.3 is 25.2 Å². The average molecular weight is 173 g/mol. The van der Waals surface area contributed by atoms with Crippen LogP contribution in [0.1, 0.15) is 0 Å². The van der Waals surface area contributed by atoms with Crippen LogP contribution in [0, 0.1) is 41.7 Å². The summed E-state index contributed by atoms with van der Waals surface area (Å²) in [5.41, 5.74) is 0. The minimum absolute atomic E-state index is 0. The molecule has 0 aromatic rings. The van der Waals surface area contributed by atoms with Gasteiger partial charge in [-0.15, -0.1) is 0 Å². The molecule has 4 heteroatoms. The van der Waals surface area contributed by atoms with Gasteiger partial charge in [0.25, 0.3) is 0 Å². The molecule has 0 aromatic carbocycles. The van der Waals surface area contributed by atoms with E-state index in [1.54, 1.807) is 0 Å². The summed E-state index contributed by atoms with van der Waals surface area (Å²) in [6.07, 6.45) is 0. The summed E-state index contributed by atoms with van der Waals surface area (Å²) >= 11 is 0. The zero-order chi connectivity index (χ0) is 0. The van der Waals surface area contributed by atoms with Crippen LogP contribution >= 0.6 is 0 Å². The van der Waals surface area contributed by atoms with Crippen LogP contribution in [0.4, 0.5) is 0 Å². The van der Waals surface area contributed by atoms with Gasteiger partial charge in [0.1, 0.15) is 0 Å². The minimum Gasteiger partial charge on any atom is -1.00 e. The van der Waals surface area contributed by atoms with E-state index >= 15 is 0 Å². The van der Waals surface area contributed by atoms with Crippen molar-refractivity contribution in [3.63, 3.8) is 0 Å². The van der Waals surface area contributed by atoms with Gasteiger partial charge in [-0.05, 0) is 0 Å². The smallest absolute Gasteiger partial charge is 1.00 e. The number of hydrogen-bond acceptors (Lipinski definition) is 0. The molecule has 0 saturated heterocycles. The van der Waals surface area contributed by atoms with Gasteiger partial charge >= 0.3 is 41.7 Å². The van der Waals surface area contributed by atoms with Crippen molar-refractivity contribution in [3.05, 3.63) is 0 Å². The molecule has 0 spiro atoms. The van der Waals surface area contributed by atoms with Gasteiger partial charge in [0.05, 0.1) is 0 Å². The van der Waals surface area contributed by atoms with Crippen LogP contribution in [0.2, 0.25) is 0 Å². The average Bonchev–Trinajstić information content (AvgIpc) is 0. The zero-order valence-corrected chi connectivity index (χ0v) is 5.37. The van der Waals surface area contributed by atoms with Crippen molar-refractivity contribution >= 4 is 25.2 Å². The topological polar surface area (TPSA) is 0 Å². The summed E-state index contributed by atoms with van der Waals surface area (Å²) in [6, 6.07) is 0. The molecular weight excluding hydrogens is 173 g/mol. The van der Waals surface area contributed by atoms with E-state index in [0.717, 1.165) is 0 Å². The first-order chi connectivity index (χ1) is 0. The van der Waals surface area contributed by atoms with E-state index in [0.29, 0.717) is 0 Å². The second-order valence-electron chi connectivity index (χ2n) is 0. The Morgan fingerprint density at radius 2 is 0.500 bits per heavy atom. The van der Waals surface area contributed by atoms with Crippen molar-refractivity contribution < 1.29 is 41.7 Å². The Morgan fingerprint density at radius 3 is 0.500 bits per heavy atom. The fraction of sp³-hybridized carbons (Fsp3) is 0. The van der Waals surface area contributed by atoms with E-state index in [1.165, 1.54) is 0 Å². The van der Waals surface area contributed by atoms with E-state index in [-0.39, 0.29) is 67.0 Å². The maximum Gasteiger partial charge on any atom is 3.00 e. The summed E-state index contributed by atoms with van der Waals surface area (Å²) in [7, 11) is 0. The summed E-state index contributed by atoms with van der Waals surface area (Å²) in [5.74, 6) is 0. The second kappa shape index (κ2) is 23.6. The summed E-state index contributed by atoms with van der Waals surface area (Å²) < 4.78 is 0.